The number of nitrogens with zero attached hydrogens (tertiary/aromatic N) is 2. The highest BCUT2D eigenvalue weighted by atomic mass is 32.1. The fraction of sp³-hybridized carbons (Fsp3) is 0.250. The Kier molecular flexibility index (Phi) is 1.99. The van der Waals surface area contributed by atoms with Crippen LogP contribution in [-0.2, 0) is 6.42 Å². The van der Waals surface area contributed by atoms with Crippen molar-refractivity contribution >= 4 is 17.0 Å². The lowest BCUT2D eigenvalue weighted by Gasteiger charge is -2.12. The first-order valence-electron chi connectivity index (χ1n) is 5.00. The highest BCUT2D eigenvalue weighted by Crippen LogP contribution is 2.31. The van der Waals surface area contributed by atoms with Gasteiger partial charge in [0.05, 0.1) is 5.69 Å². The van der Waals surface area contributed by atoms with E-state index in [1.54, 1.807) is 0 Å². The normalized spacial score (nSPS) is 14.3. The third kappa shape index (κ3) is 1.43. The standard InChI is InChI=1S/C12H11N2S/c1-14-5-4-9-2-3-10(6-12(9)14)11-7-15-8-13-11/h2-3,6-7H,4-5H2,1H3. The van der Waals surface area contributed by atoms with Crippen LogP contribution < -0.4 is 4.90 Å². The molecule has 75 valence electrons. The smallest absolute Gasteiger partial charge is 0.152 e. The molecule has 0 unspecified atom stereocenters. The van der Waals surface area contributed by atoms with Gasteiger partial charge < -0.3 is 4.90 Å². The maximum absolute atomic E-state index is 4.21. The molecule has 2 aromatic rings. The van der Waals surface area contributed by atoms with Crippen molar-refractivity contribution in [3.05, 3.63) is 34.7 Å². The Labute approximate surface area is 93.2 Å². The predicted molar refractivity (Wildman–Crippen MR) is 63.4 cm³/mol. The summed E-state index contributed by atoms with van der Waals surface area (Å²) in [4.78, 5) is 6.51. The molecular weight excluding hydrogens is 204 g/mol. The average molecular weight is 215 g/mol. The summed E-state index contributed by atoms with van der Waals surface area (Å²) < 4.78 is 0. The maximum atomic E-state index is 4.21. The van der Waals surface area contributed by atoms with Crippen LogP contribution in [0.25, 0.3) is 11.3 Å². The van der Waals surface area contributed by atoms with Crippen molar-refractivity contribution in [1.82, 2.24) is 4.98 Å². The number of likely N-dealkylation sites (N-methyl/N-ethyl adjacent to an activating group) is 1. The lowest BCUT2D eigenvalue weighted by molar-refractivity contribution is 0.956. The van der Waals surface area contributed by atoms with Crippen LogP contribution in [-0.4, -0.2) is 18.6 Å². The lowest BCUT2D eigenvalue weighted by Crippen LogP contribution is -2.12. The van der Waals surface area contributed by atoms with Crippen LogP contribution in [0.1, 0.15) is 5.56 Å². The van der Waals surface area contributed by atoms with Gasteiger partial charge >= 0.3 is 0 Å². The van der Waals surface area contributed by atoms with E-state index in [4.69, 9.17) is 0 Å². The monoisotopic (exact) mass is 215 g/mol. The minimum atomic E-state index is 1.03. The van der Waals surface area contributed by atoms with Crippen LogP contribution in [0, 0.1) is 5.51 Å². The molecule has 0 aliphatic carbocycles. The molecule has 1 aliphatic rings. The molecule has 15 heavy (non-hydrogen) atoms. The predicted octanol–water partition coefficient (Wildman–Crippen LogP) is 2.60. The fourth-order valence-corrected chi connectivity index (χ4v) is 2.52. The van der Waals surface area contributed by atoms with Crippen molar-refractivity contribution in [1.29, 1.82) is 0 Å². The molecule has 2 nitrogen and oxygen atoms in total. The molecule has 0 bridgehead atoms. The van der Waals surface area contributed by atoms with Gasteiger partial charge in [-0.3, -0.25) is 0 Å². The third-order valence-electron chi connectivity index (χ3n) is 2.90. The summed E-state index contributed by atoms with van der Waals surface area (Å²) in [6.45, 7) is 1.13. The molecule has 0 N–H and O–H groups in total. The quantitative estimate of drug-likeness (QED) is 0.727. The van der Waals surface area contributed by atoms with Gasteiger partial charge in [-0.2, -0.15) is 0 Å². The molecule has 3 heteroatoms. The van der Waals surface area contributed by atoms with E-state index in [-0.39, 0.29) is 0 Å². The van der Waals surface area contributed by atoms with Gasteiger partial charge in [-0.15, -0.1) is 11.3 Å². The number of fused-ring (bicyclic) bond motifs is 1. The van der Waals surface area contributed by atoms with Crippen LogP contribution >= 0.6 is 11.3 Å². The number of hydrogen-bond acceptors (Lipinski definition) is 3. The second-order valence-corrected chi connectivity index (χ2v) is 4.49. The van der Waals surface area contributed by atoms with E-state index in [1.165, 1.54) is 28.2 Å². The molecule has 0 atom stereocenters. The molecule has 0 fully saturated rings. The van der Waals surface area contributed by atoms with E-state index in [1.807, 2.05) is 5.38 Å². The Morgan fingerprint density at radius 2 is 2.40 bits per heavy atom. The Morgan fingerprint density at radius 3 is 3.20 bits per heavy atom. The minimum Gasteiger partial charge on any atom is -0.374 e. The highest BCUT2D eigenvalue weighted by Gasteiger charge is 2.16. The van der Waals surface area contributed by atoms with Crippen molar-refractivity contribution in [2.75, 3.05) is 18.5 Å². The van der Waals surface area contributed by atoms with E-state index in [0.29, 0.717) is 0 Å². The summed E-state index contributed by atoms with van der Waals surface area (Å²) in [5.41, 5.74) is 7.90. The topological polar surface area (TPSA) is 16.1 Å². The summed E-state index contributed by atoms with van der Waals surface area (Å²) >= 11 is 1.52. The van der Waals surface area contributed by atoms with Crippen molar-refractivity contribution in [2.45, 2.75) is 6.42 Å². The van der Waals surface area contributed by atoms with E-state index < -0.39 is 0 Å². The zero-order chi connectivity index (χ0) is 10.3. The van der Waals surface area contributed by atoms with Crippen LogP contribution in [0.3, 0.4) is 0 Å². The largest absolute Gasteiger partial charge is 0.374 e. The zero-order valence-corrected chi connectivity index (χ0v) is 9.34. The molecule has 0 saturated carbocycles. The molecule has 2 heterocycles. The van der Waals surface area contributed by atoms with Crippen molar-refractivity contribution < 1.29 is 0 Å². The van der Waals surface area contributed by atoms with Crippen molar-refractivity contribution in [2.24, 2.45) is 0 Å². The first-order valence-corrected chi connectivity index (χ1v) is 5.88. The van der Waals surface area contributed by atoms with Crippen LogP contribution in [0.5, 0.6) is 0 Å². The SMILES string of the molecule is CN1CCc2ccc(-c3cs[c]n3)cc21. The lowest BCUT2D eigenvalue weighted by atomic mass is 10.1. The number of benzene rings is 1. The van der Waals surface area contributed by atoms with E-state index in [2.05, 4.69) is 40.6 Å². The average Bonchev–Trinajstić information content (AvgIpc) is 2.88. The van der Waals surface area contributed by atoms with Crippen molar-refractivity contribution in [3.63, 3.8) is 0 Å². The van der Waals surface area contributed by atoms with E-state index >= 15 is 0 Å². The number of rotatable bonds is 1. The molecular formula is C12H11N2S. The zero-order valence-electron chi connectivity index (χ0n) is 8.53. The van der Waals surface area contributed by atoms with E-state index in [9.17, 15) is 0 Å². The maximum Gasteiger partial charge on any atom is 0.152 e. The van der Waals surface area contributed by atoms with Crippen LogP contribution in [0.4, 0.5) is 5.69 Å². The fourth-order valence-electron chi connectivity index (χ4n) is 2.02. The molecule has 0 spiro atoms. The summed E-state index contributed by atoms with van der Waals surface area (Å²) in [6.07, 6.45) is 1.16. The minimum absolute atomic E-state index is 1.03. The summed E-state index contributed by atoms with van der Waals surface area (Å²) in [7, 11) is 2.14. The third-order valence-corrected chi connectivity index (χ3v) is 3.44. The highest BCUT2D eigenvalue weighted by molar-refractivity contribution is 7.07. The Bertz CT molecular complexity index is 476. The van der Waals surface area contributed by atoms with Gasteiger partial charge in [-0.1, -0.05) is 12.1 Å². The molecule has 0 amide bonds. The molecule has 3 rings (SSSR count). The number of anilines is 1. The number of hydrogen-bond donors (Lipinski definition) is 0. The summed E-state index contributed by atoms with van der Waals surface area (Å²) in [5.74, 6) is 0. The van der Waals surface area contributed by atoms with Crippen LogP contribution in [0.2, 0.25) is 0 Å². The number of thiazole rings is 1. The Morgan fingerprint density at radius 1 is 1.47 bits per heavy atom. The molecule has 1 aromatic heterocycles. The summed E-state index contributed by atoms with van der Waals surface area (Å²) in [6, 6.07) is 6.60. The Hall–Kier alpha value is -1.35. The second-order valence-electron chi connectivity index (χ2n) is 3.84. The molecule has 0 saturated heterocycles. The van der Waals surface area contributed by atoms with E-state index in [0.717, 1.165) is 18.7 Å². The van der Waals surface area contributed by atoms with Gasteiger partial charge in [0.2, 0.25) is 0 Å². The second kappa shape index (κ2) is 3.35. The first kappa shape index (κ1) is 8.92. The van der Waals surface area contributed by atoms with Gasteiger partial charge in [0, 0.05) is 30.2 Å². The van der Waals surface area contributed by atoms with Gasteiger partial charge in [0.1, 0.15) is 0 Å². The molecule has 1 aliphatic heterocycles. The van der Waals surface area contributed by atoms with Crippen LogP contribution in [0.15, 0.2) is 23.6 Å². The van der Waals surface area contributed by atoms with Crippen molar-refractivity contribution in [3.8, 4) is 11.3 Å². The number of aromatic nitrogens is 1. The first-order chi connectivity index (χ1) is 7.34. The van der Waals surface area contributed by atoms with Gasteiger partial charge in [0.15, 0.2) is 5.51 Å². The van der Waals surface area contributed by atoms with Gasteiger partial charge in [-0.25, -0.2) is 4.98 Å². The van der Waals surface area contributed by atoms with Gasteiger partial charge in [-0.05, 0) is 18.1 Å². The van der Waals surface area contributed by atoms with Gasteiger partial charge in [0.25, 0.3) is 0 Å². The Balaban J connectivity index is 2.09. The summed E-state index contributed by atoms with van der Waals surface area (Å²) in [5, 5.41) is 2.04. The molecule has 1 radical (unpaired) electrons. The molecule has 1 aromatic carbocycles.